The Morgan fingerprint density at radius 3 is 2.71 bits per heavy atom. The standard InChI is InChI=1S/C16H12N4S/c1-9-15(17)11-8-10(6-7-12(11)20-19-9)16-18-13-4-2-3-5-14(13)21-16/h2-8H,1H3,(H2,17,20). The quantitative estimate of drug-likeness (QED) is 0.579. The molecule has 0 aliphatic heterocycles. The van der Waals surface area contributed by atoms with Gasteiger partial charge < -0.3 is 5.73 Å². The van der Waals surface area contributed by atoms with Gasteiger partial charge in [-0.15, -0.1) is 11.3 Å². The summed E-state index contributed by atoms with van der Waals surface area (Å²) in [5.74, 6) is 0. The van der Waals surface area contributed by atoms with E-state index in [1.807, 2.05) is 43.3 Å². The van der Waals surface area contributed by atoms with E-state index in [9.17, 15) is 0 Å². The molecule has 0 bridgehead atoms. The third-order valence-electron chi connectivity index (χ3n) is 3.53. The molecule has 102 valence electrons. The summed E-state index contributed by atoms with van der Waals surface area (Å²) in [6.45, 7) is 1.87. The largest absolute Gasteiger partial charge is 0.397 e. The molecule has 0 amide bonds. The fraction of sp³-hybridized carbons (Fsp3) is 0.0625. The Morgan fingerprint density at radius 2 is 1.86 bits per heavy atom. The topological polar surface area (TPSA) is 64.7 Å². The summed E-state index contributed by atoms with van der Waals surface area (Å²) in [7, 11) is 0. The second-order valence-electron chi connectivity index (χ2n) is 4.92. The summed E-state index contributed by atoms with van der Waals surface area (Å²) < 4.78 is 1.18. The van der Waals surface area contributed by atoms with Gasteiger partial charge in [0.05, 0.1) is 27.1 Å². The highest BCUT2D eigenvalue weighted by atomic mass is 32.1. The molecule has 2 aromatic carbocycles. The van der Waals surface area contributed by atoms with Gasteiger partial charge in [-0.05, 0) is 37.3 Å². The van der Waals surface area contributed by atoms with Crippen LogP contribution < -0.4 is 5.73 Å². The Kier molecular flexibility index (Phi) is 2.62. The summed E-state index contributed by atoms with van der Waals surface area (Å²) in [4.78, 5) is 4.68. The van der Waals surface area contributed by atoms with Crippen molar-refractivity contribution in [1.82, 2.24) is 15.2 Å². The number of fused-ring (bicyclic) bond motifs is 2. The van der Waals surface area contributed by atoms with Crippen molar-refractivity contribution in [2.24, 2.45) is 0 Å². The number of thiazole rings is 1. The zero-order valence-corrected chi connectivity index (χ0v) is 12.2. The Labute approximate surface area is 125 Å². The first-order valence-electron chi connectivity index (χ1n) is 6.61. The number of para-hydroxylation sites is 1. The molecule has 4 nitrogen and oxygen atoms in total. The average Bonchev–Trinajstić information content (AvgIpc) is 2.95. The molecule has 0 aliphatic carbocycles. The number of hydrogen-bond acceptors (Lipinski definition) is 5. The van der Waals surface area contributed by atoms with E-state index in [0.29, 0.717) is 5.69 Å². The zero-order valence-electron chi connectivity index (χ0n) is 11.4. The van der Waals surface area contributed by atoms with E-state index in [2.05, 4.69) is 21.2 Å². The molecule has 4 rings (SSSR count). The van der Waals surface area contributed by atoms with E-state index in [4.69, 9.17) is 5.73 Å². The lowest BCUT2D eigenvalue weighted by Gasteiger charge is -2.04. The smallest absolute Gasteiger partial charge is 0.124 e. The minimum atomic E-state index is 0.683. The SMILES string of the molecule is Cc1nnc2ccc(-c3nc4ccccc4s3)cc2c1N. The van der Waals surface area contributed by atoms with Gasteiger partial charge in [0, 0.05) is 10.9 Å². The predicted molar refractivity (Wildman–Crippen MR) is 87.3 cm³/mol. The van der Waals surface area contributed by atoms with Gasteiger partial charge in [0.2, 0.25) is 0 Å². The Balaban J connectivity index is 1.95. The van der Waals surface area contributed by atoms with Crippen LogP contribution in [-0.2, 0) is 0 Å². The van der Waals surface area contributed by atoms with Gasteiger partial charge in [0.15, 0.2) is 0 Å². The van der Waals surface area contributed by atoms with Crippen molar-refractivity contribution in [3.05, 3.63) is 48.2 Å². The van der Waals surface area contributed by atoms with Crippen molar-refractivity contribution in [3.63, 3.8) is 0 Å². The van der Waals surface area contributed by atoms with Crippen LogP contribution in [0.5, 0.6) is 0 Å². The summed E-state index contributed by atoms with van der Waals surface area (Å²) in [5.41, 5.74) is 10.4. The number of nitrogen functional groups attached to an aromatic ring is 1. The van der Waals surface area contributed by atoms with Crippen LogP contribution in [0.4, 0.5) is 5.69 Å². The molecule has 2 aromatic heterocycles. The lowest BCUT2D eigenvalue weighted by molar-refractivity contribution is 1.02. The van der Waals surface area contributed by atoms with Crippen molar-refractivity contribution in [1.29, 1.82) is 0 Å². The number of aryl methyl sites for hydroxylation is 1. The molecule has 21 heavy (non-hydrogen) atoms. The number of aromatic nitrogens is 3. The van der Waals surface area contributed by atoms with E-state index in [1.165, 1.54) is 4.70 Å². The lowest BCUT2D eigenvalue weighted by Crippen LogP contribution is -1.97. The van der Waals surface area contributed by atoms with Gasteiger partial charge in [-0.3, -0.25) is 0 Å². The van der Waals surface area contributed by atoms with Gasteiger partial charge in [-0.2, -0.15) is 10.2 Å². The second kappa shape index (κ2) is 4.49. The summed E-state index contributed by atoms with van der Waals surface area (Å²) >= 11 is 1.68. The van der Waals surface area contributed by atoms with E-state index in [-0.39, 0.29) is 0 Å². The molecule has 0 fully saturated rings. The molecule has 2 N–H and O–H groups in total. The second-order valence-corrected chi connectivity index (χ2v) is 5.95. The summed E-state index contributed by atoms with van der Waals surface area (Å²) in [6.07, 6.45) is 0. The highest BCUT2D eigenvalue weighted by molar-refractivity contribution is 7.21. The molecular formula is C16H12N4S. The Bertz CT molecular complexity index is 942. The van der Waals surface area contributed by atoms with Gasteiger partial charge in [0.1, 0.15) is 5.01 Å². The van der Waals surface area contributed by atoms with Crippen LogP contribution in [0.15, 0.2) is 42.5 Å². The van der Waals surface area contributed by atoms with Crippen molar-refractivity contribution in [2.75, 3.05) is 5.73 Å². The van der Waals surface area contributed by atoms with Crippen LogP contribution in [0.1, 0.15) is 5.69 Å². The third-order valence-corrected chi connectivity index (χ3v) is 4.61. The monoisotopic (exact) mass is 292 g/mol. The van der Waals surface area contributed by atoms with Crippen LogP contribution >= 0.6 is 11.3 Å². The number of hydrogen-bond donors (Lipinski definition) is 1. The Hall–Kier alpha value is -2.53. The Morgan fingerprint density at radius 1 is 1.00 bits per heavy atom. The zero-order chi connectivity index (χ0) is 14.4. The molecule has 0 unspecified atom stereocenters. The maximum Gasteiger partial charge on any atom is 0.124 e. The van der Waals surface area contributed by atoms with E-state index in [0.717, 1.165) is 32.7 Å². The highest BCUT2D eigenvalue weighted by Gasteiger charge is 2.09. The summed E-state index contributed by atoms with van der Waals surface area (Å²) in [5, 5.41) is 10.2. The van der Waals surface area contributed by atoms with E-state index < -0.39 is 0 Å². The van der Waals surface area contributed by atoms with Crippen molar-refractivity contribution < 1.29 is 0 Å². The molecule has 0 saturated carbocycles. The molecule has 4 aromatic rings. The molecular weight excluding hydrogens is 280 g/mol. The van der Waals surface area contributed by atoms with Crippen LogP contribution in [-0.4, -0.2) is 15.2 Å². The maximum atomic E-state index is 6.12. The number of nitrogens with zero attached hydrogens (tertiary/aromatic N) is 3. The minimum absolute atomic E-state index is 0.683. The average molecular weight is 292 g/mol. The van der Waals surface area contributed by atoms with Gasteiger partial charge in [-0.25, -0.2) is 4.98 Å². The first-order chi connectivity index (χ1) is 10.2. The number of benzene rings is 2. The number of anilines is 1. The number of rotatable bonds is 1. The molecule has 0 saturated heterocycles. The van der Waals surface area contributed by atoms with Crippen LogP contribution in [0.25, 0.3) is 31.7 Å². The van der Waals surface area contributed by atoms with Gasteiger partial charge in [-0.1, -0.05) is 12.1 Å². The minimum Gasteiger partial charge on any atom is -0.397 e. The molecule has 5 heteroatoms. The fourth-order valence-electron chi connectivity index (χ4n) is 2.35. The third kappa shape index (κ3) is 1.94. The lowest BCUT2D eigenvalue weighted by atomic mass is 10.1. The molecule has 0 aliphatic rings. The molecule has 0 atom stereocenters. The predicted octanol–water partition coefficient (Wildman–Crippen LogP) is 3.80. The normalized spacial score (nSPS) is 11.3. The maximum absolute atomic E-state index is 6.12. The molecule has 0 radical (unpaired) electrons. The van der Waals surface area contributed by atoms with E-state index in [1.54, 1.807) is 11.3 Å². The van der Waals surface area contributed by atoms with Crippen LogP contribution in [0.3, 0.4) is 0 Å². The summed E-state index contributed by atoms with van der Waals surface area (Å²) in [6, 6.07) is 14.2. The first-order valence-corrected chi connectivity index (χ1v) is 7.42. The van der Waals surface area contributed by atoms with Crippen molar-refractivity contribution in [2.45, 2.75) is 6.92 Å². The van der Waals surface area contributed by atoms with Gasteiger partial charge in [0.25, 0.3) is 0 Å². The van der Waals surface area contributed by atoms with Crippen molar-refractivity contribution >= 4 is 38.1 Å². The van der Waals surface area contributed by atoms with Gasteiger partial charge >= 0.3 is 0 Å². The van der Waals surface area contributed by atoms with E-state index >= 15 is 0 Å². The van der Waals surface area contributed by atoms with Crippen LogP contribution in [0.2, 0.25) is 0 Å². The number of nitrogens with two attached hydrogens (primary N) is 1. The fourth-order valence-corrected chi connectivity index (χ4v) is 3.31. The van der Waals surface area contributed by atoms with Crippen molar-refractivity contribution in [3.8, 4) is 10.6 Å². The highest BCUT2D eigenvalue weighted by Crippen LogP contribution is 2.32. The molecule has 0 spiro atoms. The first kappa shape index (κ1) is 12.2. The van der Waals surface area contributed by atoms with Crippen LogP contribution in [0, 0.1) is 6.92 Å². The molecule has 2 heterocycles.